The smallest absolute Gasteiger partial charge is 0.336 e. The van der Waals surface area contributed by atoms with Gasteiger partial charge >= 0.3 is 5.97 Å². The van der Waals surface area contributed by atoms with Gasteiger partial charge in [-0.3, -0.25) is 0 Å². The van der Waals surface area contributed by atoms with Crippen LogP contribution >= 0.6 is 0 Å². The molecule has 0 atom stereocenters. The van der Waals surface area contributed by atoms with Gasteiger partial charge in [-0.05, 0) is 18.1 Å². The maximum Gasteiger partial charge on any atom is 0.336 e. The molecule has 0 heterocycles. The van der Waals surface area contributed by atoms with Gasteiger partial charge in [-0.1, -0.05) is 19.9 Å². The van der Waals surface area contributed by atoms with Crippen molar-refractivity contribution < 1.29 is 14.7 Å². The Hall–Kier alpha value is -1.55. The van der Waals surface area contributed by atoms with Crippen LogP contribution in [0.4, 0.5) is 0 Å². The van der Waals surface area contributed by atoms with E-state index in [1.54, 1.807) is 18.2 Å². The predicted molar refractivity (Wildman–Crippen MR) is 52.3 cm³/mol. The van der Waals surface area contributed by atoms with Crippen LogP contribution in [0.15, 0.2) is 18.2 Å². The molecule has 0 bridgehead atoms. The van der Waals surface area contributed by atoms with Crippen LogP contribution in [0, 0.1) is 0 Å². The Morgan fingerprint density at radius 3 is 2.57 bits per heavy atom. The van der Waals surface area contributed by atoms with Crippen molar-refractivity contribution in [3.05, 3.63) is 29.3 Å². The molecule has 14 heavy (non-hydrogen) atoms. The first-order valence-electron chi connectivity index (χ1n) is 4.30. The van der Waals surface area contributed by atoms with Gasteiger partial charge in [-0.15, -0.1) is 0 Å². The molecule has 0 fully saturated rings. The van der Waals surface area contributed by atoms with E-state index in [2.05, 4.69) is 4.84 Å². The Kier molecular flexibility index (Phi) is 3.09. The second-order valence-electron chi connectivity index (χ2n) is 3.30. The third-order valence-corrected chi connectivity index (χ3v) is 2.00. The molecule has 0 spiro atoms. The van der Waals surface area contributed by atoms with E-state index >= 15 is 0 Å². The Morgan fingerprint density at radius 2 is 2.14 bits per heavy atom. The van der Waals surface area contributed by atoms with Crippen molar-refractivity contribution in [2.24, 2.45) is 5.90 Å². The number of nitrogens with two attached hydrogens (primary N) is 1. The molecule has 0 amide bonds. The minimum absolute atomic E-state index is 0.0563. The van der Waals surface area contributed by atoms with Gasteiger partial charge in [0.1, 0.15) is 0 Å². The zero-order valence-electron chi connectivity index (χ0n) is 8.15. The van der Waals surface area contributed by atoms with Crippen molar-refractivity contribution in [1.29, 1.82) is 0 Å². The van der Waals surface area contributed by atoms with Crippen LogP contribution in [-0.4, -0.2) is 11.1 Å². The number of carboxylic acids is 1. The average molecular weight is 195 g/mol. The maximum absolute atomic E-state index is 10.9. The van der Waals surface area contributed by atoms with Gasteiger partial charge in [-0.25, -0.2) is 4.79 Å². The topological polar surface area (TPSA) is 72.5 Å². The van der Waals surface area contributed by atoms with Crippen LogP contribution in [0.25, 0.3) is 0 Å². The summed E-state index contributed by atoms with van der Waals surface area (Å²) in [6.07, 6.45) is 0. The minimum atomic E-state index is -0.965. The van der Waals surface area contributed by atoms with Crippen LogP contribution in [0.5, 0.6) is 5.75 Å². The van der Waals surface area contributed by atoms with E-state index < -0.39 is 5.97 Å². The van der Waals surface area contributed by atoms with Crippen molar-refractivity contribution in [2.75, 3.05) is 0 Å². The lowest BCUT2D eigenvalue weighted by atomic mass is 9.96. The standard InChI is InChI=1S/C10H13NO3/c1-6(2)9-7(10(12)13)4-3-5-8(9)14-11/h3-6H,11H2,1-2H3,(H,12,13). The van der Waals surface area contributed by atoms with Crippen LogP contribution in [-0.2, 0) is 0 Å². The molecule has 0 saturated heterocycles. The SMILES string of the molecule is CC(C)c1c(ON)cccc1C(=O)O. The van der Waals surface area contributed by atoms with Gasteiger partial charge < -0.3 is 9.94 Å². The van der Waals surface area contributed by atoms with E-state index in [1.165, 1.54) is 0 Å². The lowest BCUT2D eigenvalue weighted by Crippen LogP contribution is -2.10. The summed E-state index contributed by atoms with van der Waals surface area (Å²) in [4.78, 5) is 15.5. The van der Waals surface area contributed by atoms with Crippen LogP contribution < -0.4 is 10.7 Å². The van der Waals surface area contributed by atoms with Crippen molar-refractivity contribution >= 4 is 5.97 Å². The minimum Gasteiger partial charge on any atom is -0.478 e. The number of rotatable bonds is 3. The number of hydrogen-bond donors (Lipinski definition) is 2. The number of benzene rings is 1. The number of carboxylic acid groups (broad SMARTS) is 1. The van der Waals surface area contributed by atoms with Gasteiger partial charge in [0.05, 0.1) is 5.56 Å². The zero-order valence-corrected chi connectivity index (χ0v) is 8.15. The third kappa shape index (κ3) is 1.85. The number of carbonyl (C=O) groups is 1. The summed E-state index contributed by atoms with van der Waals surface area (Å²) in [6.45, 7) is 3.79. The highest BCUT2D eigenvalue weighted by Crippen LogP contribution is 2.29. The van der Waals surface area contributed by atoms with E-state index in [-0.39, 0.29) is 11.5 Å². The molecule has 0 aliphatic heterocycles. The molecule has 0 aliphatic carbocycles. The molecule has 1 rings (SSSR count). The third-order valence-electron chi connectivity index (χ3n) is 2.00. The second kappa shape index (κ2) is 4.11. The normalized spacial score (nSPS) is 10.3. The lowest BCUT2D eigenvalue weighted by Gasteiger charge is -2.13. The molecule has 3 N–H and O–H groups in total. The van der Waals surface area contributed by atoms with Gasteiger partial charge in [-0.2, -0.15) is 5.90 Å². The van der Waals surface area contributed by atoms with Crippen molar-refractivity contribution in [1.82, 2.24) is 0 Å². The second-order valence-corrected chi connectivity index (χ2v) is 3.30. The molecule has 0 unspecified atom stereocenters. The monoisotopic (exact) mass is 195 g/mol. The summed E-state index contributed by atoms with van der Waals surface area (Å²) in [7, 11) is 0. The van der Waals surface area contributed by atoms with Crippen molar-refractivity contribution in [3.63, 3.8) is 0 Å². The summed E-state index contributed by atoms with van der Waals surface area (Å²) in [5.74, 6) is 4.57. The van der Waals surface area contributed by atoms with Crippen molar-refractivity contribution in [3.8, 4) is 5.75 Å². The first kappa shape index (κ1) is 10.5. The van der Waals surface area contributed by atoms with Crippen LogP contribution in [0.1, 0.15) is 35.7 Å². The van der Waals surface area contributed by atoms with Gasteiger partial charge in [0, 0.05) is 5.56 Å². The first-order chi connectivity index (χ1) is 6.57. The molecule has 0 radical (unpaired) electrons. The summed E-state index contributed by atoms with van der Waals surface area (Å²) >= 11 is 0. The van der Waals surface area contributed by atoms with Crippen LogP contribution in [0.2, 0.25) is 0 Å². The van der Waals surface area contributed by atoms with Gasteiger partial charge in [0.2, 0.25) is 0 Å². The molecule has 1 aromatic rings. The van der Waals surface area contributed by atoms with Gasteiger partial charge in [0.25, 0.3) is 0 Å². The molecule has 4 heteroatoms. The lowest BCUT2D eigenvalue weighted by molar-refractivity contribution is 0.0694. The fraction of sp³-hybridized carbons (Fsp3) is 0.300. The Labute approximate surface area is 82.3 Å². The number of hydrogen-bond acceptors (Lipinski definition) is 3. The van der Waals surface area contributed by atoms with Gasteiger partial charge in [0.15, 0.2) is 5.75 Å². The predicted octanol–water partition coefficient (Wildman–Crippen LogP) is 1.76. The highest BCUT2D eigenvalue weighted by atomic mass is 16.6. The maximum atomic E-state index is 10.9. The van der Waals surface area contributed by atoms with Crippen molar-refractivity contribution in [2.45, 2.75) is 19.8 Å². The quantitative estimate of drug-likeness (QED) is 0.721. The average Bonchev–Trinajstić information content (AvgIpc) is 2.16. The Morgan fingerprint density at radius 1 is 1.50 bits per heavy atom. The summed E-state index contributed by atoms with van der Waals surface area (Å²) in [5, 5.41) is 8.94. The first-order valence-corrected chi connectivity index (χ1v) is 4.30. The summed E-state index contributed by atoms with van der Waals surface area (Å²) in [5.41, 5.74) is 0.866. The number of aromatic carboxylic acids is 1. The largest absolute Gasteiger partial charge is 0.478 e. The fourth-order valence-electron chi connectivity index (χ4n) is 1.43. The molecular formula is C10H13NO3. The fourth-order valence-corrected chi connectivity index (χ4v) is 1.43. The summed E-state index contributed by atoms with van der Waals surface area (Å²) in [6, 6.07) is 4.81. The highest BCUT2D eigenvalue weighted by Gasteiger charge is 2.17. The van der Waals surface area contributed by atoms with E-state index in [9.17, 15) is 4.79 Å². The molecule has 4 nitrogen and oxygen atoms in total. The summed E-state index contributed by atoms with van der Waals surface area (Å²) < 4.78 is 0. The molecule has 76 valence electrons. The van der Waals surface area contributed by atoms with E-state index in [0.717, 1.165) is 0 Å². The molecule has 0 saturated carbocycles. The highest BCUT2D eigenvalue weighted by molar-refractivity contribution is 5.90. The molecular weight excluding hydrogens is 182 g/mol. The Bertz CT molecular complexity index is 347. The molecule has 1 aromatic carbocycles. The van der Waals surface area contributed by atoms with E-state index in [4.69, 9.17) is 11.0 Å². The molecule has 0 aromatic heterocycles. The Balaban J connectivity index is 3.35. The van der Waals surface area contributed by atoms with E-state index in [0.29, 0.717) is 11.3 Å². The van der Waals surface area contributed by atoms with E-state index in [1.807, 2.05) is 13.8 Å². The molecule has 0 aliphatic rings. The van der Waals surface area contributed by atoms with Crippen LogP contribution in [0.3, 0.4) is 0 Å². The zero-order chi connectivity index (χ0) is 10.7.